The summed E-state index contributed by atoms with van der Waals surface area (Å²) in [6.07, 6.45) is 9.49. The van der Waals surface area contributed by atoms with Crippen molar-refractivity contribution in [1.29, 1.82) is 0 Å². The maximum absolute atomic E-state index is 12.8. The predicted molar refractivity (Wildman–Crippen MR) is 151 cm³/mol. The quantitative estimate of drug-likeness (QED) is 0.0941. The van der Waals surface area contributed by atoms with Gasteiger partial charge in [-0.25, -0.2) is 4.79 Å². The molecule has 6 rings (SSSR count). The number of esters is 1. The first-order chi connectivity index (χ1) is 20.2. The van der Waals surface area contributed by atoms with Gasteiger partial charge in [0.05, 0.1) is 44.2 Å². The minimum Gasteiger partial charge on any atom is -0.423 e. The smallest absolute Gasteiger partial charge is 0.343 e. The molecule has 2 aliphatic heterocycles. The summed E-state index contributed by atoms with van der Waals surface area (Å²) < 4.78 is 38.7. The van der Waals surface area contributed by atoms with Crippen LogP contribution in [-0.4, -0.2) is 70.4 Å². The fourth-order valence-electron chi connectivity index (χ4n) is 5.97. The topological polar surface area (TPSA) is 88.3 Å². The fraction of sp³-hybridized carbons (Fsp3) is 0.606. The Bertz CT molecular complexity index is 1080. The summed E-state index contributed by atoms with van der Waals surface area (Å²) in [6, 6.07) is 15.9. The number of ether oxygens (including phenoxy) is 7. The highest BCUT2D eigenvalue weighted by molar-refractivity contribution is 5.91. The van der Waals surface area contributed by atoms with Crippen molar-refractivity contribution in [2.75, 3.05) is 40.0 Å². The summed E-state index contributed by atoms with van der Waals surface area (Å²) in [5, 5.41) is 0. The molecule has 222 valence electrons. The molecule has 0 spiro atoms. The lowest BCUT2D eigenvalue weighted by Gasteiger charge is -2.29. The molecule has 2 heterocycles. The second-order valence-electron chi connectivity index (χ2n) is 11.7. The van der Waals surface area contributed by atoms with E-state index in [1.54, 1.807) is 0 Å². The van der Waals surface area contributed by atoms with Gasteiger partial charge in [0.2, 0.25) is 0 Å². The molecule has 2 aromatic rings. The summed E-state index contributed by atoms with van der Waals surface area (Å²) in [6.45, 7) is 3.56. The van der Waals surface area contributed by atoms with Crippen molar-refractivity contribution in [3.05, 3.63) is 65.2 Å². The first-order valence-electron chi connectivity index (χ1n) is 15.2. The lowest BCUT2D eigenvalue weighted by molar-refractivity contribution is -0.102. The molecule has 0 radical (unpaired) electrons. The third-order valence-electron chi connectivity index (χ3n) is 8.71. The van der Waals surface area contributed by atoms with Gasteiger partial charge in [-0.1, -0.05) is 24.3 Å². The van der Waals surface area contributed by atoms with Gasteiger partial charge in [-0.2, -0.15) is 0 Å². The lowest BCUT2D eigenvalue weighted by Crippen LogP contribution is -2.22. The van der Waals surface area contributed by atoms with Gasteiger partial charge < -0.3 is 33.2 Å². The number of benzene rings is 2. The Labute approximate surface area is 242 Å². The van der Waals surface area contributed by atoms with Crippen LogP contribution < -0.4 is 4.74 Å². The number of hydrogen-bond donors (Lipinski definition) is 0. The predicted octanol–water partition coefficient (Wildman–Crippen LogP) is 5.74. The zero-order valence-electron chi connectivity index (χ0n) is 23.7. The number of carbonyl (C=O) groups excluding carboxylic acids is 1. The van der Waals surface area contributed by atoms with Gasteiger partial charge in [0.1, 0.15) is 31.5 Å². The standard InChI is InChI=1S/C33H42O8/c34-33(27-3-1-23(2-4-27)24-5-11-28(12-6-24)39-21-35-17-31-19-37-31)41-30-15-9-26(10-16-30)25-7-13-29(14-8-25)40-22-36-18-32-20-38-32/h1-4,9-10,15-16,24-25,28-29,31-32H,5-8,11-14,17-22H2. The third-order valence-corrected chi connectivity index (χ3v) is 8.71. The van der Waals surface area contributed by atoms with E-state index in [-0.39, 0.29) is 30.4 Å². The Morgan fingerprint density at radius 2 is 1.07 bits per heavy atom. The molecule has 2 aliphatic carbocycles. The molecular formula is C33H42O8. The second kappa shape index (κ2) is 14.2. The SMILES string of the molecule is O=C(Oc1ccc(C2CCC(OCOCC3CO3)CC2)cc1)c1ccc(C2CCC(OCOCC3CO3)CC2)cc1. The first kappa shape index (κ1) is 28.8. The van der Waals surface area contributed by atoms with Crippen molar-refractivity contribution in [3.63, 3.8) is 0 Å². The molecule has 2 aromatic carbocycles. The molecule has 0 aromatic heterocycles. The molecule has 2 saturated carbocycles. The third kappa shape index (κ3) is 8.83. The Balaban J connectivity index is 0.895. The molecular weight excluding hydrogens is 524 g/mol. The maximum Gasteiger partial charge on any atom is 0.343 e. The molecule has 4 fully saturated rings. The van der Waals surface area contributed by atoms with Gasteiger partial charge >= 0.3 is 5.97 Å². The summed E-state index contributed by atoms with van der Waals surface area (Å²) >= 11 is 0. The van der Waals surface area contributed by atoms with Crippen molar-refractivity contribution in [2.24, 2.45) is 0 Å². The van der Waals surface area contributed by atoms with Crippen molar-refractivity contribution in [1.82, 2.24) is 0 Å². The van der Waals surface area contributed by atoms with E-state index in [1.807, 2.05) is 24.3 Å². The Kier molecular flexibility index (Phi) is 9.98. The fourth-order valence-corrected chi connectivity index (χ4v) is 5.97. The molecule has 41 heavy (non-hydrogen) atoms. The van der Waals surface area contributed by atoms with Crippen LogP contribution >= 0.6 is 0 Å². The van der Waals surface area contributed by atoms with Crippen molar-refractivity contribution in [3.8, 4) is 5.75 Å². The van der Waals surface area contributed by atoms with Gasteiger partial charge in [0.25, 0.3) is 0 Å². The van der Waals surface area contributed by atoms with Gasteiger partial charge in [-0.05, 0) is 98.6 Å². The van der Waals surface area contributed by atoms with Crippen LogP contribution in [0, 0.1) is 0 Å². The number of hydrogen-bond acceptors (Lipinski definition) is 8. The van der Waals surface area contributed by atoms with Gasteiger partial charge in [-0.15, -0.1) is 0 Å². The number of epoxide rings is 2. The molecule has 0 N–H and O–H groups in total. The van der Waals surface area contributed by atoms with E-state index in [2.05, 4.69) is 24.3 Å². The van der Waals surface area contributed by atoms with E-state index < -0.39 is 0 Å². The van der Waals surface area contributed by atoms with Crippen molar-refractivity contribution in [2.45, 2.75) is 87.6 Å². The van der Waals surface area contributed by atoms with Crippen LogP contribution in [0.1, 0.15) is 84.7 Å². The first-order valence-corrected chi connectivity index (χ1v) is 15.2. The highest BCUT2D eigenvalue weighted by atomic mass is 16.7. The lowest BCUT2D eigenvalue weighted by atomic mass is 9.82. The van der Waals surface area contributed by atoms with Crippen LogP contribution in [0.25, 0.3) is 0 Å². The van der Waals surface area contributed by atoms with E-state index in [1.165, 1.54) is 11.1 Å². The molecule has 4 aliphatic rings. The van der Waals surface area contributed by atoms with Crippen molar-refractivity contribution < 1.29 is 38.0 Å². The van der Waals surface area contributed by atoms with E-state index in [0.29, 0.717) is 49.9 Å². The van der Waals surface area contributed by atoms with Crippen LogP contribution in [0.15, 0.2) is 48.5 Å². The van der Waals surface area contributed by atoms with Gasteiger partial charge in [-0.3, -0.25) is 0 Å². The van der Waals surface area contributed by atoms with E-state index in [4.69, 9.17) is 33.2 Å². The molecule has 2 saturated heterocycles. The molecule has 8 nitrogen and oxygen atoms in total. The Morgan fingerprint density at radius 3 is 1.51 bits per heavy atom. The highest BCUT2D eigenvalue weighted by Gasteiger charge is 2.26. The molecule has 2 unspecified atom stereocenters. The maximum atomic E-state index is 12.8. The summed E-state index contributed by atoms with van der Waals surface area (Å²) in [5.41, 5.74) is 3.13. The molecule has 8 heteroatoms. The Hall–Kier alpha value is -2.33. The van der Waals surface area contributed by atoms with Crippen LogP contribution in [0.4, 0.5) is 0 Å². The minimum absolute atomic E-state index is 0.258. The average Bonchev–Trinajstić information content (AvgIpc) is 3.95. The summed E-state index contributed by atoms with van der Waals surface area (Å²) in [4.78, 5) is 12.8. The zero-order valence-corrected chi connectivity index (χ0v) is 23.7. The summed E-state index contributed by atoms with van der Waals surface area (Å²) in [5.74, 6) is 1.24. The molecule has 0 amide bonds. The average molecular weight is 567 g/mol. The highest BCUT2D eigenvalue weighted by Crippen LogP contribution is 2.36. The van der Waals surface area contributed by atoms with Gasteiger partial charge in [0.15, 0.2) is 0 Å². The normalized spacial score (nSPS) is 29.2. The largest absolute Gasteiger partial charge is 0.423 e. The van der Waals surface area contributed by atoms with E-state index in [9.17, 15) is 4.79 Å². The molecule has 2 atom stereocenters. The van der Waals surface area contributed by atoms with Crippen LogP contribution in [0.3, 0.4) is 0 Å². The molecule has 0 bridgehead atoms. The van der Waals surface area contributed by atoms with Crippen LogP contribution in [0.2, 0.25) is 0 Å². The Morgan fingerprint density at radius 1 is 0.634 bits per heavy atom. The van der Waals surface area contributed by atoms with Crippen LogP contribution in [-0.2, 0) is 28.4 Å². The van der Waals surface area contributed by atoms with Gasteiger partial charge in [0, 0.05) is 0 Å². The monoisotopic (exact) mass is 566 g/mol. The zero-order chi connectivity index (χ0) is 27.9. The van der Waals surface area contributed by atoms with Crippen LogP contribution in [0.5, 0.6) is 5.75 Å². The van der Waals surface area contributed by atoms with Crippen molar-refractivity contribution >= 4 is 5.97 Å². The number of carbonyl (C=O) groups is 1. The number of rotatable bonds is 14. The minimum atomic E-state index is -0.328. The summed E-state index contributed by atoms with van der Waals surface area (Å²) in [7, 11) is 0. The second-order valence-corrected chi connectivity index (χ2v) is 11.7. The van der Waals surface area contributed by atoms with E-state index >= 15 is 0 Å². The van der Waals surface area contributed by atoms with E-state index in [0.717, 1.165) is 64.6 Å².